The van der Waals surface area contributed by atoms with Crippen LogP contribution in [-0.4, -0.2) is 25.1 Å². The number of carbonyl (C=O) groups excluding carboxylic acids is 3. The first-order valence-electron chi connectivity index (χ1n) is 7.05. The van der Waals surface area contributed by atoms with E-state index in [1.165, 1.54) is 12.1 Å². The topological polar surface area (TPSA) is 60.4 Å². The molecule has 0 bridgehead atoms. The van der Waals surface area contributed by atoms with Gasteiger partial charge in [0, 0.05) is 18.8 Å². The minimum Gasteiger partial charge on any atom is -0.465 e. The summed E-state index contributed by atoms with van der Waals surface area (Å²) in [6.07, 6.45) is 3.50. The highest BCUT2D eigenvalue weighted by Crippen LogP contribution is 2.17. The Bertz CT molecular complexity index is 534. The van der Waals surface area contributed by atoms with Gasteiger partial charge in [0.25, 0.3) is 0 Å². The molecule has 0 aromatic heterocycles. The third-order valence-corrected chi connectivity index (χ3v) is 3.30. The zero-order valence-electron chi connectivity index (χ0n) is 12.5. The van der Waals surface area contributed by atoms with E-state index in [2.05, 4.69) is 0 Å². The van der Waals surface area contributed by atoms with Crippen molar-refractivity contribution in [3.8, 4) is 0 Å². The molecule has 1 aromatic rings. The molecule has 0 aliphatic rings. The van der Waals surface area contributed by atoms with Crippen molar-refractivity contribution in [2.45, 2.75) is 26.2 Å². The van der Waals surface area contributed by atoms with E-state index in [-0.39, 0.29) is 25.3 Å². The average Bonchev–Trinajstić information content (AvgIpc) is 2.50. The molecule has 0 radical (unpaired) electrons. The highest BCUT2D eigenvalue weighted by molar-refractivity contribution is 5.78. The summed E-state index contributed by atoms with van der Waals surface area (Å²) in [5.41, 5.74) is 1.28. The molecule has 0 heterocycles. The molecule has 1 unspecified atom stereocenters. The second kappa shape index (κ2) is 9.60. The lowest BCUT2D eigenvalue weighted by atomic mass is 9.93. The summed E-state index contributed by atoms with van der Waals surface area (Å²) in [5, 5.41) is 0. The van der Waals surface area contributed by atoms with Crippen molar-refractivity contribution in [3.63, 3.8) is 0 Å². The molecule has 1 aromatic carbocycles. The molecule has 0 amide bonds. The maximum absolute atomic E-state index is 12.7. The van der Waals surface area contributed by atoms with Gasteiger partial charge in [-0.1, -0.05) is 18.2 Å². The zero-order chi connectivity index (χ0) is 16.4. The van der Waals surface area contributed by atoms with Crippen molar-refractivity contribution in [1.82, 2.24) is 0 Å². The molecule has 0 saturated heterocycles. The van der Waals surface area contributed by atoms with Gasteiger partial charge in [-0.3, -0.25) is 9.59 Å². The van der Waals surface area contributed by atoms with Crippen LogP contribution >= 0.6 is 0 Å². The molecule has 4 nitrogen and oxygen atoms in total. The van der Waals surface area contributed by atoms with Crippen molar-refractivity contribution in [2.75, 3.05) is 6.61 Å². The number of hydrogen-bond acceptors (Lipinski definition) is 4. The van der Waals surface area contributed by atoms with Crippen LogP contribution in [0.2, 0.25) is 0 Å². The number of carbonyl (C=O) groups is 3. The molecule has 1 rings (SSSR count). The Morgan fingerprint density at radius 3 is 2.50 bits per heavy atom. The van der Waals surface area contributed by atoms with E-state index in [9.17, 15) is 18.8 Å². The number of allylic oxidation sites excluding steroid dienone is 2. The molecule has 0 fully saturated rings. The largest absolute Gasteiger partial charge is 0.465 e. The molecule has 118 valence electrons. The number of halogens is 1. The van der Waals surface area contributed by atoms with Gasteiger partial charge in [-0.15, -0.1) is 0 Å². The van der Waals surface area contributed by atoms with E-state index in [0.717, 1.165) is 5.56 Å². The molecule has 0 spiro atoms. The number of hydrogen-bond donors (Lipinski definition) is 0. The summed E-state index contributed by atoms with van der Waals surface area (Å²) in [6, 6.07) is 5.95. The summed E-state index contributed by atoms with van der Waals surface area (Å²) < 4.78 is 17.8. The Morgan fingerprint density at radius 2 is 1.95 bits per heavy atom. The van der Waals surface area contributed by atoms with Gasteiger partial charge in [-0.2, -0.15) is 0 Å². The minimum atomic E-state index is -0.463. The fraction of sp³-hybridized carbons (Fsp3) is 0.353. The number of benzene rings is 1. The van der Waals surface area contributed by atoms with Crippen molar-refractivity contribution >= 4 is 18.5 Å². The predicted molar refractivity (Wildman–Crippen MR) is 79.7 cm³/mol. The van der Waals surface area contributed by atoms with Crippen LogP contribution in [0.15, 0.2) is 35.9 Å². The lowest BCUT2D eigenvalue weighted by molar-refractivity contribution is -0.144. The molecule has 0 N–H and O–H groups in total. The minimum absolute atomic E-state index is 0.0133. The Balaban J connectivity index is 2.45. The Hall–Kier alpha value is -2.30. The number of aldehydes is 2. The van der Waals surface area contributed by atoms with Gasteiger partial charge in [0.15, 0.2) is 0 Å². The summed E-state index contributed by atoms with van der Waals surface area (Å²) in [7, 11) is 0. The van der Waals surface area contributed by atoms with E-state index in [4.69, 9.17) is 4.74 Å². The molecule has 22 heavy (non-hydrogen) atoms. The second-order valence-corrected chi connectivity index (χ2v) is 4.81. The Kier molecular flexibility index (Phi) is 7.75. The highest BCUT2D eigenvalue weighted by Gasteiger charge is 2.18. The normalized spacial score (nSPS) is 12.5. The van der Waals surface area contributed by atoms with E-state index >= 15 is 0 Å². The summed E-state index contributed by atoms with van der Waals surface area (Å²) in [6.45, 7) is 1.85. The average molecular weight is 306 g/mol. The number of ether oxygens (including phenoxy) is 1. The highest BCUT2D eigenvalue weighted by atomic mass is 19.1. The maximum Gasteiger partial charge on any atom is 0.306 e. The van der Waals surface area contributed by atoms with E-state index in [1.807, 2.05) is 0 Å². The van der Waals surface area contributed by atoms with Crippen LogP contribution < -0.4 is 0 Å². The lowest BCUT2D eigenvalue weighted by Crippen LogP contribution is -2.16. The zero-order valence-corrected chi connectivity index (χ0v) is 12.5. The van der Waals surface area contributed by atoms with Crippen molar-refractivity contribution in [2.24, 2.45) is 5.92 Å². The van der Waals surface area contributed by atoms with Crippen LogP contribution in [0.25, 0.3) is 0 Å². The van der Waals surface area contributed by atoms with Crippen LogP contribution in [0.5, 0.6) is 0 Å². The maximum atomic E-state index is 12.7. The summed E-state index contributed by atoms with van der Waals surface area (Å²) in [5.74, 6) is -1.22. The molecule has 0 saturated carbocycles. The van der Waals surface area contributed by atoms with Gasteiger partial charge < -0.3 is 9.53 Å². The summed E-state index contributed by atoms with van der Waals surface area (Å²) >= 11 is 0. The van der Waals surface area contributed by atoms with Gasteiger partial charge >= 0.3 is 5.97 Å². The third-order valence-electron chi connectivity index (χ3n) is 3.30. The number of rotatable bonds is 9. The van der Waals surface area contributed by atoms with E-state index < -0.39 is 11.9 Å². The fourth-order valence-corrected chi connectivity index (χ4v) is 2.05. The second-order valence-electron chi connectivity index (χ2n) is 4.81. The molecule has 0 aliphatic carbocycles. The van der Waals surface area contributed by atoms with Gasteiger partial charge in [-0.05, 0) is 30.2 Å². The van der Waals surface area contributed by atoms with Crippen LogP contribution in [0, 0.1) is 11.7 Å². The smallest absolute Gasteiger partial charge is 0.306 e. The van der Waals surface area contributed by atoms with E-state index in [0.29, 0.717) is 24.6 Å². The first-order valence-corrected chi connectivity index (χ1v) is 7.05. The number of esters is 1. The van der Waals surface area contributed by atoms with Crippen LogP contribution in [0.1, 0.15) is 25.3 Å². The standard InChI is InChI=1S/C17H19FO4/c1-2-14(12-20)15(7-9-19)11-17(21)22-10-8-13-3-5-16(18)6-4-13/h2-6,9,12,15H,7-8,10-11H2,1H3/b14-2-. The van der Waals surface area contributed by atoms with Crippen molar-refractivity contribution in [1.29, 1.82) is 0 Å². The van der Waals surface area contributed by atoms with Gasteiger partial charge in [0.1, 0.15) is 18.4 Å². The molecule has 5 heteroatoms. The van der Waals surface area contributed by atoms with Crippen molar-refractivity contribution < 1.29 is 23.5 Å². The fourth-order valence-electron chi connectivity index (χ4n) is 2.05. The first kappa shape index (κ1) is 17.8. The molecule has 1 atom stereocenters. The van der Waals surface area contributed by atoms with E-state index in [1.54, 1.807) is 25.1 Å². The first-order chi connectivity index (χ1) is 10.6. The predicted octanol–water partition coefficient (Wildman–Crippen LogP) is 2.65. The van der Waals surface area contributed by atoms with Gasteiger partial charge in [-0.25, -0.2) is 4.39 Å². The van der Waals surface area contributed by atoms with Crippen LogP contribution in [0.3, 0.4) is 0 Å². The SMILES string of the molecule is C/C=C(/C=O)C(CC=O)CC(=O)OCCc1ccc(F)cc1. The van der Waals surface area contributed by atoms with Gasteiger partial charge in [0.2, 0.25) is 0 Å². The Labute approximate surface area is 129 Å². The third kappa shape index (κ3) is 5.99. The lowest BCUT2D eigenvalue weighted by Gasteiger charge is -2.13. The monoisotopic (exact) mass is 306 g/mol. The van der Waals surface area contributed by atoms with Crippen molar-refractivity contribution in [3.05, 3.63) is 47.3 Å². The van der Waals surface area contributed by atoms with Gasteiger partial charge in [0.05, 0.1) is 13.0 Å². The summed E-state index contributed by atoms with van der Waals surface area (Å²) in [4.78, 5) is 33.3. The molecular weight excluding hydrogens is 287 g/mol. The van der Waals surface area contributed by atoms with Crippen LogP contribution in [0.4, 0.5) is 4.39 Å². The van der Waals surface area contributed by atoms with Crippen LogP contribution in [-0.2, 0) is 25.5 Å². The Morgan fingerprint density at radius 1 is 1.27 bits per heavy atom. The molecule has 0 aliphatic heterocycles. The molecular formula is C17H19FO4. The quantitative estimate of drug-likeness (QED) is 0.400.